The van der Waals surface area contributed by atoms with Gasteiger partial charge in [0.15, 0.2) is 0 Å². The van der Waals surface area contributed by atoms with E-state index in [4.69, 9.17) is 0 Å². The molecule has 1 aromatic rings. The lowest BCUT2D eigenvalue weighted by Gasteiger charge is -2.54. The van der Waals surface area contributed by atoms with Crippen LogP contribution in [0.3, 0.4) is 0 Å². The van der Waals surface area contributed by atoms with Gasteiger partial charge >= 0.3 is 5.69 Å². The molecule has 0 radical (unpaired) electrons. The summed E-state index contributed by atoms with van der Waals surface area (Å²) in [5.41, 5.74) is -0.722. The highest BCUT2D eigenvalue weighted by atomic mass is 16.2. The van der Waals surface area contributed by atoms with Gasteiger partial charge in [0, 0.05) is 20.6 Å². The molecule has 1 N–H and O–H groups in total. The number of nitrogens with zero attached hydrogens (tertiary/aromatic N) is 3. The summed E-state index contributed by atoms with van der Waals surface area (Å²) < 4.78 is 2.32. The zero-order chi connectivity index (χ0) is 16.1. The average molecular weight is 318 g/mol. The van der Waals surface area contributed by atoms with Crippen molar-refractivity contribution in [3.8, 4) is 0 Å². The normalized spacial score (nSPS) is 34.8. The Morgan fingerprint density at radius 2 is 1.65 bits per heavy atom. The SMILES string of the molecule is Cn1nc(NCCC2C3CC4CC(C3)CC2C4)c(=O)n(C)c1=O. The zero-order valence-corrected chi connectivity index (χ0v) is 14.0. The molecule has 0 aromatic carbocycles. The summed E-state index contributed by atoms with van der Waals surface area (Å²) in [5.74, 6) is 4.91. The lowest BCUT2D eigenvalue weighted by molar-refractivity contribution is -0.0381. The Balaban J connectivity index is 1.41. The van der Waals surface area contributed by atoms with Crippen molar-refractivity contribution in [1.29, 1.82) is 0 Å². The summed E-state index contributed by atoms with van der Waals surface area (Å²) in [4.78, 5) is 23.8. The van der Waals surface area contributed by atoms with Crippen LogP contribution in [-0.4, -0.2) is 20.9 Å². The number of nitrogens with one attached hydrogen (secondary N) is 1. The van der Waals surface area contributed by atoms with Crippen LogP contribution in [0.5, 0.6) is 0 Å². The number of aromatic nitrogens is 3. The molecule has 1 heterocycles. The van der Waals surface area contributed by atoms with Gasteiger partial charge in [-0.25, -0.2) is 9.48 Å². The largest absolute Gasteiger partial charge is 0.364 e. The smallest absolute Gasteiger partial charge is 0.346 e. The van der Waals surface area contributed by atoms with E-state index in [-0.39, 0.29) is 11.2 Å². The number of anilines is 1. The molecule has 0 atom stereocenters. The first-order valence-electron chi connectivity index (χ1n) is 8.91. The van der Waals surface area contributed by atoms with Crippen LogP contribution in [0, 0.1) is 29.6 Å². The molecular formula is C17H26N4O2. The summed E-state index contributed by atoms with van der Waals surface area (Å²) in [6.45, 7) is 0.771. The van der Waals surface area contributed by atoms with Crippen molar-refractivity contribution in [2.45, 2.75) is 38.5 Å². The summed E-state index contributed by atoms with van der Waals surface area (Å²) in [6.07, 6.45) is 8.31. The van der Waals surface area contributed by atoms with Crippen molar-refractivity contribution >= 4 is 5.82 Å². The van der Waals surface area contributed by atoms with Gasteiger partial charge in [-0.15, -0.1) is 5.10 Å². The van der Waals surface area contributed by atoms with Crippen molar-refractivity contribution in [2.24, 2.45) is 43.7 Å². The maximum Gasteiger partial charge on any atom is 0.346 e. The average Bonchev–Trinajstić information content (AvgIpc) is 2.52. The summed E-state index contributed by atoms with van der Waals surface area (Å²) in [5, 5.41) is 7.24. The van der Waals surface area contributed by atoms with Gasteiger partial charge in [0.2, 0.25) is 5.82 Å². The van der Waals surface area contributed by atoms with Crippen molar-refractivity contribution in [3.63, 3.8) is 0 Å². The Morgan fingerprint density at radius 1 is 1.04 bits per heavy atom. The molecule has 1 aromatic heterocycles. The third kappa shape index (κ3) is 2.52. The second-order valence-electron chi connectivity index (χ2n) is 7.93. The second-order valence-corrected chi connectivity index (χ2v) is 7.93. The Kier molecular flexibility index (Phi) is 3.58. The highest BCUT2D eigenvalue weighted by Crippen LogP contribution is 2.57. The van der Waals surface area contributed by atoms with Gasteiger partial charge in [-0.05, 0) is 68.1 Å². The highest BCUT2D eigenvalue weighted by molar-refractivity contribution is 5.29. The molecule has 0 amide bonds. The van der Waals surface area contributed by atoms with Crippen LogP contribution in [0.4, 0.5) is 5.82 Å². The molecule has 126 valence electrons. The number of aryl methyl sites for hydroxylation is 1. The quantitative estimate of drug-likeness (QED) is 0.910. The number of rotatable bonds is 4. The minimum absolute atomic E-state index is 0.290. The Hall–Kier alpha value is -1.59. The fourth-order valence-electron chi connectivity index (χ4n) is 5.68. The Bertz CT molecular complexity index is 692. The van der Waals surface area contributed by atoms with E-state index >= 15 is 0 Å². The molecule has 4 saturated carbocycles. The molecule has 0 spiro atoms. The Labute approximate surface area is 135 Å². The van der Waals surface area contributed by atoms with E-state index in [1.165, 1.54) is 43.8 Å². The third-order valence-electron chi connectivity index (χ3n) is 6.51. The maximum absolute atomic E-state index is 12.1. The van der Waals surface area contributed by atoms with Crippen LogP contribution in [0.15, 0.2) is 9.59 Å². The predicted octanol–water partition coefficient (Wildman–Crippen LogP) is 1.35. The van der Waals surface area contributed by atoms with Crippen LogP contribution < -0.4 is 16.6 Å². The lowest BCUT2D eigenvalue weighted by atomic mass is 9.51. The van der Waals surface area contributed by atoms with Crippen LogP contribution in [-0.2, 0) is 14.1 Å². The van der Waals surface area contributed by atoms with Crippen molar-refractivity contribution < 1.29 is 0 Å². The van der Waals surface area contributed by atoms with Gasteiger partial charge in [0.05, 0.1) is 0 Å². The van der Waals surface area contributed by atoms with Gasteiger partial charge in [-0.2, -0.15) is 0 Å². The molecule has 23 heavy (non-hydrogen) atoms. The van der Waals surface area contributed by atoms with E-state index in [2.05, 4.69) is 10.4 Å². The molecule has 4 aliphatic rings. The molecule has 6 heteroatoms. The summed E-state index contributed by atoms with van der Waals surface area (Å²) >= 11 is 0. The minimum Gasteiger partial charge on any atom is -0.364 e. The molecule has 4 fully saturated rings. The fraction of sp³-hybridized carbons (Fsp3) is 0.824. The molecule has 0 unspecified atom stereocenters. The van der Waals surface area contributed by atoms with E-state index in [1.54, 1.807) is 7.05 Å². The van der Waals surface area contributed by atoms with Crippen molar-refractivity contribution in [3.05, 3.63) is 20.8 Å². The first kappa shape index (κ1) is 15.0. The van der Waals surface area contributed by atoms with Crippen molar-refractivity contribution in [2.75, 3.05) is 11.9 Å². The predicted molar refractivity (Wildman–Crippen MR) is 88.4 cm³/mol. The summed E-state index contributed by atoms with van der Waals surface area (Å²) in [6, 6.07) is 0. The molecule has 5 rings (SSSR count). The van der Waals surface area contributed by atoms with Gasteiger partial charge in [0.1, 0.15) is 0 Å². The van der Waals surface area contributed by atoms with Crippen LogP contribution >= 0.6 is 0 Å². The highest BCUT2D eigenvalue weighted by Gasteiger charge is 2.47. The standard InChI is InChI=1S/C17H26N4O2/c1-20-16(22)15(19-21(2)17(20)23)18-4-3-14-12-6-10-5-11(8-12)9-13(14)7-10/h10-14H,3-9H2,1-2H3,(H,18,19). The molecule has 6 nitrogen and oxygen atoms in total. The monoisotopic (exact) mass is 318 g/mol. The van der Waals surface area contributed by atoms with E-state index in [0.717, 1.165) is 47.1 Å². The first-order chi connectivity index (χ1) is 11.0. The van der Waals surface area contributed by atoms with Crippen LogP contribution in [0.25, 0.3) is 0 Å². The van der Waals surface area contributed by atoms with E-state index in [9.17, 15) is 9.59 Å². The summed E-state index contributed by atoms with van der Waals surface area (Å²) in [7, 11) is 3.07. The molecular weight excluding hydrogens is 292 g/mol. The lowest BCUT2D eigenvalue weighted by Crippen LogP contribution is -2.45. The van der Waals surface area contributed by atoms with Crippen molar-refractivity contribution in [1.82, 2.24) is 14.3 Å². The topological polar surface area (TPSA) is 68.9 Å². The molecule has 4 aliphatic carbocycles. The third-order valence-corrected chi connectivity index (χ3v) is 6.51. The number of hydrogen-bond acceptors (Lipinski definition) is 4. The zero-order valence-electron chi connectivity index (χ0n) is 14.0. The Morgan fingerprint density at radius 3 is 2.26 bits per heavy atom. The van der Waals surface area contributed by atoms with Gasteiger partial charge in [-0.3, -0.25) is 9.36 Å². The van der Waals surface area contributed by atoms with Crippen LogP contribution in [0.2, 0.25) is 0 Å². The minimum atomic E-state index is -0.387. The van der Waals surface area contributed by atoms with E-state index in [1.807, 2.05) is 0 Å². The molecule has 4 bridgehead atoms. The van der Waals surface area contributed by atoms with E-state index in [0.29, 0.717) is 5.82 Å². The maximum atomic E-state index is 12.1. The molecule has 0 saturated heterocycles. The van der Waals surface area contributed by atoms with E-state index < -0.39 is 0 Å². The van der Waals surface area contributed by atoms with Crippen LogP contribution in [0.1, 0.15) is 38.5 Å². The molecule has 0 aliphatic heterocycles. The van der Waals surface area contributed by atoms with Gasteiger partial charge in [0.25, 0.3) is 5.56 Å². The first-order valence-corrected chi connectivity index (χ1v) is 8.91. The van der Waals surface area contributed by atoms with Gasteiger partial charge in [-0.1, -0.05) is 0 Å². The second kappa shape index (κ2) is 5.49. The fourth-order valence-corrected chi connectivity index (χ4v) is 5.68. The van der Waals surface area contributed by atoms with Gasteiger partial charge < -0.3 is 5.32 Å². The number of hydrogen-bond donors (Lipinski definition) is 1.